The Morgan fingerprint density at radius 2 is 1.81 bits per heavy atom. The first-order valence-corrected chi connectivity index (χ1v) is 8.67. The molecule has 2 aromatic rings. The van der Waals surface area contributed by atoms with Crippen molar-refractivity contribution in [1.29, 1.82) is 0 Å². The molecule has 0 saturated carbocycles. The van der Waals surface area contributed by atoms with E-state index in [-0.39, 0.29) is 6.61 Å². The first-order valence-electron chi connectivity index (χ1n) is 8.67. The van der Waals surface area contributed by atoms with Crippen LogP contribution >= 0.6 is 0 Å². The number of benzene rings is 2. The molecule has 0 aliphatic carbocycles. The first-order chi connectivity index (χ1) is 13.0. The summed E-state index contributed by atoms with van der Waals surface area (Å²) in [4.78, 5) is 24.4. The Morgan fingerprint density at radius 1 is 1.07 bits per heavy atom. The van der Waals surface area contributed by atoms with Crippen LogP contribution in [0.25, 0.3) is 0 Å². The molecule has 0 fully saturated rings. The highest BCUT2D eigenvalue weighted by Crippen LogP contribution is 2.30. The SMILES string of the molecule is Cc1cccc(O[C@H](C)C(=O)NNC(=O)[C@@H]2COc3ccccc3O2)c1C. The summed E-state index contributed by atoms with van der Waals surface area (Å²) in [6.07, 6.45) is -1.63. The highest BCUT2D eigenvalue weighted by Gasteiger charge is 2.28. The molecule has 0 unspecified atom stereocenters. The number of carbonyl (C=O) groups excluding carboxylic acids is 2. The summed E-state index contributed by atoms with van der Waals surface area (Å²) >= 11 is 0. The van der Waals surface area contributed by atoms with E-state index in [2.05, 4.69) is 10.9 Å². The molecule has 27 heavy (non-hydrogen) atoms. The van der Waals surface area contributed by atoms with Crippen LogP contribution in [0, 0.1) is 13.8 Å². The van der Waals surface area contributed by atoms with Crippen LogP contribution in [0.5, 0.6) is 17.2 Å². The molecular formula is C20H22N2O5. The van der Waals surface area contributed by atoms with E-state index in [1.165, 1.54) is 0 Å². The van der Waals surface area contributed by atoms with Crippen LogP contribution in [0.15, 0.2) is 42.5 Å². The Morgan fingerprint density at radius 3 is 2.59 bits per heavy atom. The van der Waals surface area contributed by atoms with Crippen molar-refractivity contribution in [2.75, 3.05) is 6.61 Å². The average Bonchev–Trinajstić information content (AvgIpc) is 2.68. The summed E-state index contributed by atoms with van der Waals surface area (Å²) < 4.78 is 16.8. The number of fused-ring (bicyclic) bond motifs is 1. The van der Waals surface area contributed by atoms with Crippen molar-refractivity contribution < 1.29 is 23.8 Å². The summed E-state index contributed by atoms with van der Waals surface area (Å²) in [5, 5.41) is 0. The van der Waals surface area contributed by atoms with Crippen LogP contribution in [0.4, 0.5) is 0 Å². The standard InChI is InChI=1S/C20H22N2O5/c1-12-7-6-10-15(13(12)2)26-14(3)19(23)21-22-20(24)18-11-25-16-8-4-5-9-17(16)27-18/h4-10,14,18H,11H2,1-3H3,(H,21,23)(H,22,24)/t14-,18+/m1/s1. The van der Waals surface area contributed by atoms with Crippen molar-refractivity contribution in [2.45, 2.75) is 33.0 Å². The molecular weight excluding hydrogens is 348 g/mol. The normalized spacial score (nSPS) is 16.2. The molecule has 2 amide bonds. The number of hydrogen-bond acceptors (Lipinski definition) is 5. The zero-order valence-corrected chi connectivity index (χ0v) is 15.4. The number of aryl methyl sites for hydroxylation is 1. The second kappa shape index (κ2) is 7.99. The minimum atomic E-state index is -0.851. The Labute approximate surface area is 157 Å². The quantitative estimate of drug-likeness (QED) is 0.805. The van der Waals surface area contributed by atoms with E-state index in [0.29, 0.717) is 17.2 Å². The molecule has 0 saturated heterocycles. The van der Waals surface area contributed by atoms with Crippen molar-refractivity contribution in [3.8, 4) is 17.2 Å². The van der Waals surface area contributed by atoms with Crippen molar-refractivity contribution >= 4 is 11.8 Å². The maximum absolute atomic E-state index is 12.2. The van der Waals surface area contributed by atoms with Gasteiger partial charge in [0.05, 0.1) is 0 Å². The molecule has 2 aromatic carbocycles. The monoisotopic (exact) mass is 370 g/mol. The van der Waals surface area contributed by atoms with Gasteiger partial charge in [0.1, 0.15) is 12.4 Å². The summed E-state index contributed by atoms with van der Waals surface area (Å²) in [5.74, 6) is 0.728. The fourth-order valence-corrected chi connectivity index (χ4v) is 2.55. The topological polar surface area (TPSA) is 85.9 Å². The van der Waals surface area contributed by atoms with Crippen LogP contribution in [0.3, 0.4) is 0 Å². The molecule has 142 valence electrons. The molecule has 0 radical (unpaired) electrons. The van der Waals surface area contributed by atoms with E-state index in [9.17, 15) is 9.59 Å². The van der Waals surface area contributed by atoms with Crippen molar-refractivity contribution in [1.82, 2.24) is 10.9 Å². The van der Waals surface area contributed by atoms with Gasteiger partial charge < -0.3 is 14.2 Å². The van der Waals surface area contributed by atoms with E-state index in [0.717, 1.165) is 11.1 Å². The van der Waals surface area contributed by atoms with Crippen molar-refractivity contribution in [2.24, 2.45) is 0 Å². The van der Waals surface area contributed by atoms with Crippen LogP contribution < -0.4 is 25.1 Å². The highest BCUT2D eigenvalue weighted by atomic mass is 16.6. The van der Waals surface area contributed by atoms with Gasteiger partial charge in [0.2, 0.25) is 6.10 Å². The van der Waals surface area contributed by atoms with E-state index >= 15 is 0 Å². The molecule has 0 aromatic heterocycles. The van der Waals surface area contributed by atoms with Crippen LogP contribution in [0.1, 0.15) is 18.1 Å². The number of hydrazine groups is 1. The molecule has 0 spiro atoms. The Balaban J connectivity index is 1.51. The van der Waals surface area contributed by atoms with Gasteiger partial charge in [-0.05, 0) is 50.1 Å². The zero-order valence-electron chi connectivity index (χ0n) is 15.4. The van der Waals surface area contributed by atoms with Gasteiger partial charge in [-0.25, -0.2) is 0 Å². The number of amides is 2. The lowest BCUT2D eigenvalue weighted by molar-refractivity contribution is -0.137. The van der Waals surface area contributed by atoms with E-state index in [4.69, 9.17) is 14.2 Å². The highest BCUT2D eigenvalue weighted by molar-refractivity contribution is 5.87. The average molecular weight is 370 g/mol. The number of hydrogen-bond donors (Lipinski definition) is 2. The molecule has 7 heteroatoms. The van der Waals surface area contributed by atoms with E-state index < -0.39 is 24.0 Å². The predicted octanol–water partition coefficient (Wildman–Crippen LogP) is 2.06. The number of ether oxygens (including phenoxy) is 3. The number of rotatable bonds is 4. The Kier molecular flexibility index (Phi) is 5.49. The second-order valence-electron chi connectivity index (χ2n) is 6.30. The first kappa shape index (κ1) is 18.6. The van der Waals surface area contributed by atoms with Gasteiger partial charge in [0.25, 0.3) is 11.8 Å². The van der Waals surface area contributed by atoms with E-state index in [1.807, 2.05) is 32.0 Å². The fourth-order valence-electron chi connectivity index (χ4n) is 2.55. The number of nitrogens with one attached hydrogen (secondary N) is 2. The summed E-state index contributed by atoms with van der Waals surface area (Å²) in [6, 6.07) is 12.7. The van der Waals surface area contributed by atoms with Gasteiger partial charge in [0, 0.05) is 0 Å². The number of para-hydroxylation sites is 2. The molecule has 2 N–H and O–H groups in total. The van der Waals surface area contributed by atoms with Gasteiger partial charge in [-0.1, -0.05) is 24.3 Å². The summed E-state index contributed by atoms with van der Waals surface area (Å²) in [7, 11) is 0. The third kappa shape index (κ3) is 4.31. The van der Waals surface area contributed by atoms with Gasteiger partial charge >= 0.3 is 0 Å². The van der Waals surface area contributed by atoms with Crippen molar-refractivity contribution in [3.63, 3.8) is 0 Å². The lowest BCUT2D eigenvalue weighted by Gasteiger charge is -2.25. The third-order valence-electron chi connectivity index (χ3n) is 4.34. The minimum Gasteiger partial charge on any atom is -0.485 e. The summed E-state index contributed by atoms with van der Waals surface area (Å²) in [6.45, 7) is 5.57. The van der Waals surface area contributed by atoms with E-state index in [1.54, 1.807) is 31.2 Å². The van der Waals surface area contributed by atoms with Gasteiger partial charge in [-0.15, -0.1) is 0 Å². The zero-order chi connectivity index (χ0) is 19.4. The Hall–Kier alpha value is -3.22. The molecule has 3 rings (SSSR count). The van der Waals surface area contributed by atoms with Crippen LogP contribution in [-0.2, 0) is 9.59 Å². The molecule has 7 nitrogen and oxygen atoms in total. The lowest BCUT2D eigenvalue weighted by atomic mass is 10.1. The molecule has 1 aliphatic heterocycles. The van der Waals surface area contributed by atoms with Crippen LogP contribution in [-0.4, -0.2) is 30.6 Å². The predicted molar refractivity (Wildman–Crippen MR) is 98.6 cm³/mol. The Bertz CT molecular complexity index is 852. The molecule has 2 atom stereocenters. The lowest BCUT2D eigenvalue weighted by Crippen LogP contribution is -2.53. The minimum absolute atomic E-state index is 0.0628. The molecule has 0 bridgehead atoms. The third-order valence-corrected chi connectivity index (χ3v) is 4.34. The largest absolute Gasteiger partial charge is 0.485 e. The maximum Gasteiger partial charge on any atom is 0.283 e. The van der Waals surface area contributed by atoms with Gasteiger partial charge in [0.15, 0.2) is 17.6 Å². The van der Waals surface area contributed by atoms with Crippen LogP contribution in [0.2, 0.25) is 0 Å². The van der Waals surface area contributed by atoms with Gasteiger partial charge in [-0.2, -0.15) is 0 Å². The maximum atomic E-state index is 12.2. The smallest absolute Gasteiger partial charge is 0.283 e. The molecule has 1 heterocycles. The van der Waals surface area contributed by atoms with Gasteiger partial charge in [-0.3, -0.25) is 20.4 Å². The molecule has 1 aliphatic rings. The summed E-state index contributed by atoms with van der Waals surface area (Å²) in [5.41, 5.74) is 6.75. The van der Waals surface area contributed by atoms with Crippen molar-refractivity contribution in [3.05, 3.63) is 53.6 Å². The fraction of sp³-hybridized carbons (Fsp3) is 0.300. The number of carbonyl (C=O) groups is 2. The second-order valence-corrected chi connectivity index (χ2v) is 6.30.